The third-order valence-corrected chi connectivity index (χ3v) is 2.81. The number of anilines is 2. The van der Waals surface area contributed by atoms with Crippen LogP contribution in [-0.4, -0.2) is 29.7 Å². The number of aromatic nitrogens is 2. The Morgan fingerprint density at radius 1 is 1.47 bits per heavy atom. The van der Waals surface area contributed by atoms with E-state index in [0.717, 1.165) is 11.6 Å². The van der Waals surface area contributed by atoms with Crippen molar-refractivity contribution in [2.45, 2.75) is 31.8 Å². The van der Waals surface area contributed by atoms with Crippen LogP contribution in [0.4, 0.5) is 11.6 Å². The van der Waals surface area contributed by atoms with Gasteiger partial charge in [-0.3, -0.25) is 0 Å². The molecule has 1 aromatic heterocycles. The van der Waals surface area contributed by atoms with Gasteiger partial charge < -0.3 is 15.5 Å². The van der Waals surface area contributed by atoms with Crippen molar-refractivity contribution < 1.29 is 4.74 Å². The first-order valence-corrected chi connectivity index (χ1v) is 5.85. The average Bonchev–Trinajstić information content (AvgIpc) is 3.19. The lowest BCUT2D eigenvalue weighted by Gasteiger charge is -2.12. The van der Waals surface area contributed by atoms with Gasteiger partial charge in [0.2, 0.25) is 0 Å². The Bertz CT molecular complexity index is 380. The van der Waals surface area contributed by atoms with Gasteiger partial charge in [-0.25, -0.2) is 15.8 Å². The molecule has 6 heteroatoms. The summed E-state index contributed by atoms with van der Waals surface area (Å²) in [6.07, 6.45) is 2.48. The van der Waals surface area contributed by atoms with Crippen molar-refractivity contribution in [2.24, 2.45) is 5.84 Å². The van der Waals surface area contributed by atoms with E-state index in [1.165, 1.54) is 12.8 Å². The summed E-state index contributed by atoms with van der Waals surface area (Å²) in [7, 11) is 1.69. The van der Waals surface area contributed by atoms with Crippen LogP contribution < -0.4 is 16.6 Å². The Morgan fingerprint density at radius 2 is 2.18 bits per heavy atom. The van der Waals surface area contributed by atoms with E-state index < -0.39 is 0 Å². The number of nitrogen functional groups attached to an aromatic ring is 1. The van der Waals surface area contributed by atoms with Gasteiger partial charge in [0.1, 0.15) is 17.5 Å². The average molecular weight is 237 g/mol. The van der Waals surface area contributed by atoms with Gasteiger partial charge in [0.25, 0.3) is 0 Å². The van der Waals surface area contributed by atoms with Gasteiger partial charge in [-0.2, -0.15) is 0 Å². The maximum Gasteiger partial charge on any atom is 0.145 e. The lowest BCUT2D eigenvalue weighted by Crippen LogP contribution is -2.19. The Hall–Kier alpha value is -1.40. The number of hydrogen-bond donors (Lipinski definition) is 3. The van der Waals surface area contributed by atoms with Crippen molar-refractivity contribution >= 4 is 11.6 Å². The molecule has 0 amide bonds. The van der Waals surface area contributed by atoms with Crippen molar-refractivity contribution in [2.75, 3.05) is 24.4 Å². The molecule has 1 heterocycles. The fourth-order valence-corrected chi connectivity index (χ4v) is 1.49. The molecule has 0 aliphatic heterocycles. The third-order valence-electron chi connectivity index (χ3n) is 2.81. The van der Waals surface area contributed by atoms with Gasteiger partial charge in [-0.05, 0) is 19.8 Å². The topological polar surface area (TPSA) is 85.1 Å². The maximum atomic E-state index is 5.40. The molecule has 2 rings (SSSR count). The van der Waals surface area contributed by atoms with Gasteiger partial charge >= 0.3 is 0 Å². The number of hydrazine groups is 1. The van der Waals surface area contributed by atoms with Gasteiger partial charge in [0.15, 0.2) is 0 Å². The van der Waals surface area contributed by atoms with Crippen molar-refractivity contribution in [3.05, 3.63) is 11.9 Å². The van der Waals surface area contributed by atoms with E-state index in [1.807, 2.05) is 6.92 Å². The van der Waals surface area contributed by atoms with Crippen molar-refractivity contribution in [3.63, 3.8) is 0 Å². The highest BCUT2D eigenvalue weighted by Crippen LogP contribution is 2.38. The molecule has 1 unspecified atom stereocenters. The van der Waals surface area contributed by atoms with Crippen LogP contribution in [0, 0.1) is 0 Å². The standard InChI is InChI=1S/C11H19N5O/c1-7(17-2)6-13-9-5-10(16-12)15-11(14-9)8-3-4-8/h5,7-8H,3-4,6,12H2,1-2H3,(H2,13,14,15,16). The normalized spacial score (nSPS) is 16.6. The molecule has 0 bridgehead atoms. The van der Waals surface area contributed by atoms with Crippen LogP contribution in [0.15, 0.2) is 6.07 Å². The summed E-state index contributed by atoms with van der Waals surface area (Å²) in [5.41, 5.74) is 2.57. The minimum absolute atomic E-state index is 0.142. The van der Waals surface area contributed by atoms with E-state index in [-0.39, 0.29) is 6.10 Å². The molecule has 0 aromatic carbocycles. The Morgan fingerprint density at radius 3 is 2.76 bits per heavy atom. The van der Waals surface area contributed by atoms with Crippen LogP contribution in [0.1, 0.15) is 31.5 Å². The monoisotopic (exact) mass is 237 g/mol. The van der Waals surface area contributed by atoms with Crippen LogP contribution >= 0.6 is 0 Å². The number of ether oxygens (including phenoxy) is 1. The SMILES string of the molecule is COC(C)CNc1cc(NN)nc(C2CC2)n1. The van der Waals surface area contributed by atoms with Gasteiger partial charge in [0, 0.05) is 25.6 Å². The molecule has 4 N–H and O–H groups in total. The first kappa shape index (κ1) is 12.1. The molecule has 1 atom stereocenters. The molecule has 1 fully saturated rings. The van der Waals surface area contributed by atoms with E-state index in [0.29, 0.717) is 18.3 Å². The van der Waals surface area contributed by atoms with Crippen LogP contribution in [0.2, 0.25) is 0 Å². The van der Waals surface area contributed by atoms with E-state index in [4.69, 9.17) is 10.6 Å². The highest BCUT2D eigenvalue weighted by atomic mass is 16.5. The molecule has 1 aromatic rings. The molecule has 1 aliphatic carbocycles. The summed E-state index contributed by atoms with van der Waals surface area (Å²) >= 11 is 0. The lowest BCUT2D eigenvalue weighted by molar-refractivity contribution is 0.128. The molecule has 1 aliphatic rings. The third kappa shape index (κ3) is 3.28. The second-order valence-electron chi connectivity index (χ2n) is 4.34. The molecule has 17 heavy (non-hydrogen) atoms. The molecular weight excluding hydrogens is 218 g/mol. The van der Waals surface area contributed by atoms with Gasteiger partial charge in [-0.1, -0.05) is 0 Å². The summed E-state index contributed by atoms with van der Waals surface area (Å²) in [5.74, 6) is 8.21. The Kier molecular flexibility index (Phi) is 3.75. The molecule has 1 saturated carbocycles. The number of hydrogen-bond acceptors (Lipinski definition) is 6. The van der Waals surface area contributed by atoms with E-state index in [2.05, 4.69) is 20.7 Å². The van der Waals surface area contributed by atoms with Crippen molar-refractivity contribution in [3.8, 4) is 0 Å². The van der Waals surface area contributed by atoms with Crippen LogP contribution in [0.25, 0.3) is 0 Å². The smallest absolute Gasteiger partial charge is 0.145 e. The van der Waals surface area contributed by atoms with E-state index >= 15 is 0 Å². The molecule has 0 saturated heterocycles. The van der Waals surface area contributed by atoms with Crippen molar-refractivity contribution in [1.82, 2.24) is 9.97 Å². The minimum atomic E-state index is 0.142. The minimum Gasteiger partial charge on any atom is -0.380 e. The fraction of sp³-hybridized carbons (Fsp3) is 0.636. The molecule has 94 valence electrons. The largest absolute Gasteiger partial charge is 0.380 e. The molecule has 6 nitrogen and oxygen atoms in total. The number of rotatable bonds is 6. The fourth-order valence-electron chi connectivity index (χ4n) is 1.49. The molecule has 0 spiro atoms. The van der Waals surface area contributed by atoms with Gasteiger partial charge in [-0.15, -0.1) is 0 Å². The van der Waals surface area contributed by atoms with E-state index in [1.54, 1.807) is 13.2 Å². The summed E-state index contributed by atoms with van der Waals surface area (Å²) < 4.78 is 5.17. The summed E-state index contributed by atoms with van der Waals surface area (Å²) in [4.78, 5) is 8.82. The van der Waals surface area contributed by atoms with Crippen LogP contribution in [-0.2, 0) is 4.74 Å². The second kappa shape index (κ2) is 5.29. The number of nitrogens with one attached hydrogen (secondary N) is 2. The van der Waals surface area contributed by atoms with Crippen LogP contribution in [0.3, 0.4) is 0 Å². The number of methoxy groups -OCH3 is 1. The maximum absolute atomic E-state index is 5.40. The second-order valence-corrected chi connectivity index (χ2v) is 4.34. The predicted molar refractivity (Wildman–Crippen MR) is 66.8 cm³/mol. The summed E-state index contributed by atoms with van der Waals surface area (Å²) in [6, 6.07) is 1.80. The summed E-state index contributed by atoms with van der Waals surface area (Å²) in [5, 5.41) is 3.22. The first-order valence-electron chi connectivity index (χ1n) is 5.85. The Balaban J connectivity index is 2.06. The zero-order valence-corrected chi connectivity index (χ0v) is 10.2. The highest BCUT2D eigenvalue weighted by Gasteiger charge is 2.27. The Labute approximate surface area is 101 Å². The first-order chi connectivity index (χ1) is 8.22. The predicted octanol–water partition coefficient (Wildman–Crippen LogP) is 1.09. The number of nitrogens with zero attached hydrogens (tertiary/aromatic N) is 2. The zero-order chi connectivity index (χ0) is 12.3. The zero-order valence-electron chi connectivity index (χ0n) is 10.2. The van der Waals surface area contributed by atoms with Crippen molar-refractivity contribution in [1.29, 1.82) is 0 Å². The summed E-state index contributed by atoms with van der Waals surface area (Å²) in [6.45, 7) is 2.71. The van der Waals surface area contributed by atoms with Crippen LogP contribution in [0.5, 0.6) is 0 Å². The van der Waals surface area contributed by atoms with E-state index in [9.17, 15) is 0 Å². The van der Waals surface area contributed by atoms with Gasteiger partial charge in [0.05, 0.1) is 6.10 Å². The number of nitrogens with two attached hydrogens (primary N) is 1. The molecular formula is C11H19N5O. The molecule has 0 radical (unpaired) electrons. The quantitative estimate of drug-likeness (QED) is 0.507. The highest BCUT2D eigenvalue weighted by molar-refractivity contribution is 5.47. The lowest BCUT2D eigenvalue weighted by atomic mass is 10.3.